The molecule has 3 aromatic rings. The molecular weight excluding hydrogens is 305 g/mol. The Kier molecular flexibility index (Phi) is 3.56. The first-order chi connectivity index (χ1) is 9.99. The van der Waals surface area contributed by atoms with Gasteiger partial charge in [0.05, 0.1) is 16.1 Å². The second-order valence-corrected chi connectivity index (χ2v) is 6.08. The Morgan fingerprint density at radius 3 is 2.62 bits per heavy atom. The molecule has 0 aliphatic carbocycles. The van der Waals surface area contributed by atoms with Gasteiger partial charge in [0.25, 0.3) is 0 Å². The van der Waals surface area contributed by atoms with Crippen LogP contribution in [0.5, 0.6) is 0 Å². The van der Waals surface area contributed by atoms with Crippen LogP contribution in [0.2, 0.25) is 10.0 Å². The zero-order valence-corrected chi connectivity index (χ0v) is 13.3. The van der Waals surface area contributed by atoms with Gasteiger partial charge in [-0.1, -0.05) is 29.3 Å². The third kappa shape index (κ3) is 2.37. The van der Waals surface area contributed by atoms with Crippen molar-refractivity contribution in [3.05, 3.63) is 46.4 Å². The molecule has 0 atom stereocenters. The highest BCUT2D eigenvalue weighted by Crippen LogP contribution is 2.35. The van der Waals surface area contributed by atoms with Gasteiger partial charge in [0.1, 0.15) is 5.82 Å². The maximum atomic E-state index is 6.36. The third-order valence-electron chi connectivity index (χ3n) is 3.43. The number of nitrogens with zero attached hydrogens (tertiary/aromatic N) is 2. The SMILES string of the molecule is CC(C)n1c(-c2cc(Cl)ccc2N)nc2cccc(Cl)c21. The number of hydrogen-bond acceptors (Lipinski definition) is 2. The highest BCUT2D eigenvalue weighted by molar-refractivity contribution is 6.35. The number of nitrogens with two attached hydrogens (primary N) is 1. The van der Waals surface area contributed by atoms with Crippen molar-refractivity contribution in [1.29, 1.82) is 0 Å². The van der Waals surface area contributed by atoms with Gasteiger partial charge < -0.3 is 10.3 Å². The average molecular weight is 320 g/mol. The van der Waals surface area contributed by atoms with E-state index in [0.29, 0.717) is 15.7 Å². The highest BCUT2D eigenvalue weighted by atomic mass is 35.5. The number of aromatic nitrogens is 2. The lowest BCUT2D eigenvalue weighted by molar-refractivity contribution is 0.624. The van der Waals surface area contributed by atoms with Crippen LogP contribution in [0.25, 0.3) is 22.4 Å². The van der Waals surface area contributed by atoms with Crippen molar-refractivity contribution in [2.45, 2.75) is 19.9 Å². The first-order valence-electron chi connectivity index (χ1n) is 6.71. The number of imidazole rings is 1. The summed E-state index contributed by atoms with van der Waals surface area (Å²) in [5.41, 5.74) is 9.35. The fourth-order valence-corrected chi connectivity index (χ4v) is 2.95. The summed E-state index contributed by atoms with van der Waals surface area (Å²) in [5, 5.41) is 1.31. The number of para-hydroxylation sites is 1. The van der Waals surface area contributed by atoms with Crippen LogP contribution in [0, 0.1) is 0 Å². The molecule has 0 unspecified atom stereocenters. The molecule has 3 rings (SSSR count). The fourth-order valence-electron chi connectivity index (χ4n) is 2.52. The summed E-state index contributed by atoms with van der Waals surface area (Å²) in [7, 11) is 0. The van der Waals surface area contributed by atoms with Crippen LogP contribution in [-0.4, -0.2) is 9.55 Å². The molecule has 0 aliphatic heterocycles. The summed E-state index contributed by atoms with van der Waals surface area (Å²) < 4.78 is 2.10. The maximum absolute atomic E-state index is 6.36. The molecule has 3 nitrogen and oxygen atoms in total. The largest absolute Gasteiger partial charge is 0.398 e. The summed E-state index contributed by atoms with van der Waals surface area (Å²) in [6.07, 6.45) is 0. The Bertz CT molecular complexity index is 822. The van der Waals surface area contributed by atoms with E-state index in [9.17, 15) is 0 Å². The van der Waals surface area contributed by atoms with Crippen molar-refractivity contribution in [1.82, 2.24) is 9.55 Å². The predicted molar refractivity (Wildman–Crippen MR) is 90.0 cm³/mol. The number of anilines is 1. The first-order valence-corrected chi connectivity index (χ1v) is 7.46. The molecule has 2 aromatic carbocycles. The van der Waals surface area contributed by atoms with Crippen molar-refractivity contribution >= 4 is 39.9 Å². The molecule has 0 bridgehead atoms. The molecule has 0 aliphatic rings. The molecular formula is C16H15Cl2N3. The molecule has 1 heterocycles. The lowest BCUT2D eigenvalue weighted by atomic mass is 10.1. The van der Waals surface area contributed by atoms with Crippen LogP contribution in [0.3, 0.4) is 0 Å². The fraction of sp³-hybridized carbons (Fsp3) is 0.188. The number of benzene rings is 2. The molecule has 0 saturated heterocycles. The number of fused-ring (bicyclic) bond motifs is 1. The number of halogens is 2. The second-order valence-electron chi connectivity index (χ2n) is 5.24. The Balaban J connectivity index is 2.40. The van der Waals surface area contributed by atoms with Crippen molar-refractivity contribution in [3.63, 3.8) is 0 Å². The smallest absolute Gasteiger partial charge is 0.143 e. The quantitative estimate of drug-likeness (QED) is 0.662. The zero-order valence-electron chi connectivity index (χ0n) is 11.8. The van der Waals surface area contributed by atoms with Crippen LogP contribution < -0.4 is 5.73 Å². The number of nitrogen functional groups attached to an aromatic ring is 1. The Morgan fingerprint density at radius 1 is 1.14 bits per heavy atom. The average Bonchev–Trinajstić information content (AvgIpc) is 2.82. The predicted octanol–water partition coefficient (Wildman–Crippen LogP) is 5.17. The Hall–Kier alpha value is -1.71. The molecule has 21 heavy (non-hydrogen) atoms. The van der Waals surface area contributed by atoms with Gasteiger partial charge in [-0.3, -0.25) is 0 Å². The summed E-state index contributed by atoms with van der Waals surface area (Å²) in [6.45, 7) is 4.18. The zero-order chi connectivity index (χ0) is 15.1. The minimum atomic E-state index is 0.197. The summed E-state index contributed by atoms with van der Waals surface area (Å²) in [5.74, 6) is 0.785. The van der Waals surface area contributed by atoms with E-state index in [0.717, 1.165) is 22.4 Å². The molecule has 5 heteroatoms. The molecule has 0 saturated carbocycles. The molecule has 2 N–H and O–H groups in total. The van der Waals surface area contributed by atoms with Crippen molar-refractivity contribution < 1.29 is 0 Å². The van der Waals surface area contributed by atoms with Gasteiger partial charge in [0.15, 0.2) is 0 Å². The molecule has 0 spiro atoms. The van der Waals surface area contributed by atoms with E-state index >= 15 is 0 Å². The van der Waals surface area contributed by atoms with Gasteiger partial charge in [0.2, 0.25) is 0 Å². The van der Waals surface area contributed by atoms with E-state index in [-0.39, 0.29) is 6.04 Å². The lowest BCUT2D eigenvalue weighted by Gasteiger charge is -2.15. The number of hydrogen-bond donors (Lipinski definition) is 1. The van der Waals surface area contributed by atoms with Crippen LogP contribution in [0.4, 0.5) is 5.69 Å². The summed E-state index contributed by atoms with van der Waals surface area (Å²) >= 11 is 12.5. The number of rotatable bonds is 2. The molecule has 0 radical (unpaired) electrons. The van der Waals surface area contributed by atoms with Gasteiger partial charge >= 0.3 is 0 Å². The summed E-state index contributed by atoms with van der Waals surface area (Å²) in [4.78, 5) is 4.71. The van der Waals surface area contributed by atoms with Crippen LogP contribution in [0.15, 0.2) is 36.4 Å². The van der Waals surface area contributed by atoms with Crippen molar-refractivity contribution in [2.75, 3.05) is 5.73 Å². The highest BCUT2D eigenvalue weighted by Gasteiger charge is 2.18. The van der Waals surface area contributed by atoms with Gasteiger partial charge in [0, 0.05) is 22.3 Å². The van der Waals surface area contributed by atoms with E-state index in [1.165, 1.54) is 0 Å². The standard InChI is InChI=1S/C16H15Cl2N3/c1-9(2)21-15-12(18)4-3-5-14(15)20-16(21)11-8-10(17)6-7-13(11)19/h3-9H,19H2,1-2H3. The van der Waals surface area contributed by atoms with Crippen LogP contribution in [-0.2, 0) is 0 Å². The molecule has 0 amide bonds. The van der Waals surface area contributed by atoms with Crippen LogP contribution in [0.1, 0.15) is 19.9 Å². The third-order valence-corrected chi connectivity index (χ3v) is 3.97. The van der Waals surface area contributed by atoms with Crippen molar-refractivity contribution in [3.8, 4) is 11.4 Å². The maximum Gasteiger partial charge on any atom is 0.143 e. The van der Waals surface area contributed by atoms with Gasteiger partial charge in [-0.05, 0) is 44.2 Å². The summed E-state index contributed by atoms with van der Waals surface area (Å²) in [6, 6.07) is 11.3. The van der Waals surface area contributed by atoms with E-state index < -0.39 is 0 Å². The first kappa shape index (κ1) is 14.2. The lowest BCUT2D eigenvalue weighted by Crippen LogP contribution is -2.04. The van der Waals surface area contributed by atoms with Gasteiger partial charge in [-0.2, -0.15) is 0 Å². The minimum Gasteiger partial charge on any atom is -0.398 e. The normalized spacial score (nSPS) is 11.5. The Morgan fingerprint density at radius 2 is 1.90 bits per heavy atom. The molecule has 1 aromatic heterocycles. The van der Waals surface area contributed by atoms with Gasteiger partial charge in [-0.25, -0.2) is 4.98 Å². The van der Waals surface area contributed by atoms with E-state index in [1.54, 1.807) is 12.1 Å². The van der Waals surface area contributed by atoms with E-state index in [1.807, 2.05) is 24.3 Å². The second kappa shape index (κ2) is 5.24. The van der Waals surface area contributed by atoms with Crippen molar-refractivity contribution in [2.24, 2.45) is 0 Å². The van der Waals surface area contributed by atoms with E-state index in [4.69, 9.17) is 33.9 Å². The molecule has 108 valence electrons. The topological polar surface area (TPSA) is 43.8 Å². The van der Waals surface area contributed by atoms with Crippen LogP contribution >= 0.6 is 23.2 Å². The van der Waals surface area contributed by atoms with Gasteiger partial charge in [-0.15, -0.1) is 0 Å². The van der Waals surface area contributed by atoms with E-state index in [2.05, 4.69) is 18.4 Å². The minimum absolute atomic E-state index is 0.197. The molecule has 0 fully saturated rings. The Labute approximate surface area is 133 Å². The monoisotopic (exact) mass is 319 g/mol.